The number of rotatable bonds is 2. The Morgan fingerprint density at radius 3 is 3.08 bits per heavy atom. The van der Waals surface area contributed by atoms with E-state index in [0.717, 1.165) is 17.7 Å². The van der Waals surface area contributed by atoms with Crippen molar-refractivity contribution in [3.8, 4) is 11.4 Å². The minimum atomic E-state index is 0.567. The predicted molar refractivity (Wildman–Crippen MR) is 43.8 cm³/mol. The maximum absolute atomic E-state index is 10.5. The second kappa shape index (κ2) is 2.65. The first-order valence-electron chi connectivity index (χ1n) is 3.54. The second-order valence-corrected chi connectivity index (χ2v) is 2.40. The van der Waals surface area contributed by atoms with E-state index in [0.29, 0.717) is 5.56 Å². The second-order valence-electron chi connectivity index (χ2n) is 2.40. The monoisotopic (exact) mass is 161 g/mol. The fraction of sp³-hybridized carbons (Fsp3) is 0. The van der Waals surface area contributed by atoms with E-state index in [1.807, 2.05) is 12.1 Å². The van der Waals surface area contributed by atoms with Crippen molar-refractivity contribution in [3.63, 3.8) is 0 Å². The molecule has 0 aromatic carbocycles. The molecule has 4 heteroatoms. The van der Waals surface area contributed by atoms with Crippen LogP contribution in [0.2, 0.25) is 0 Å². The van der Waals surface area contributed by atoms with Gasteiger partial charge in [-0.3, -0.25) is 9.89 Å². The van der Waals surface area contributed by atoms with Gasteiger partial charge in [0.05, 0.1) is 23.1 Å². The molecule has 0 saturated carbocycles. The van der Waals surface area contributed by atoms with Crippen molar-refractivity contribution >= 4 is 6.29 Å². The molecule has 2 heterocycles. The van der Waals surface area contributed by atoms with Crippen LogP contribution in [0, 0.1) is 0 Å². The highest BCUT2D eigenvalue weighted by atomic mass is 16.1. The molecule has 4 nitrogen and oxygen atoms in total. The van der Waals surface area contributed by atoms with Gasteiger partial charge in [-0.2, -0.15) is 5.10 Å². The Kier molecular flexibility index (Phi) is 1.51. The molecule has 0 aliphatic heterocycles. The van der Waals surface area contributed by atoms with Crippen LogP contribution >= 0.6 is 0 Å². The van der Waals surface area contributed by atoms with Crippen molar-refractivity contribution in [1.29, 1.82) is 0 Å². The maximum atomic E-state index is 10.5. The number of aromatic amines is 2. The molecule has 2 aromatic heterocycles. The van der Waals surface area contributed by atoms with Crippen LogP contribution in [-0.2, 0) is 0 Å². The molecule has 12 heavy (non-hydrogen) atoms. The first-order valence-corrected chi connectivity index (χ1v) is 3.54. The van der Waals surface area contributed by atoms with Crippen molar-refractivity contribution in [2.24, 2.45) is 0 Å². The van der Waals surface area contributed by atoms with Gasteiger partial charge in [0.1, 0.15) is 0 Å². The summed E-state index contributed by atoms with van der Waals surface area (Å²) in [7, 11) is 0. The van der Waals surface area contributed by atoms with E-state index < -0.39 is 0 Å². The molecule has 0 saturated heterocycles. The minimum Gasteiger partial charge on any atom is -0.360 e. The molecule has 0 aliphatic carbocycles. The molecular weight excluding hydrogens is 154 g/mol. The molecule has 2 rings (SSSR count). The van der Waals surface area contributed by atoms with Gasteiger partial charge >= 0.3 is 0 Å². The Balaban J connectivity index is 2.53. The van der Waals surface area contributed by atoms with Gasteiger partial charge in [-0.25, -0.2) is 0 Å². The quantitative estimate of drug-likeness (QED) is 0.650. The number of carbonyl (C=O) groups excluding carboxylic acids is 1. The number of hydrogen-bond donors (Lipinski definition) is 2. The molecule has 0 amide bonds. The summed E-state index contributed by atoms with van der Waals surface area (Å²) >= 11 is 0. The van der Waals surface area contributed by atoms with Gasteiger partial charge in [0.25, 0.3) is 0 Å². The Labute approximate surface area is 68.6 Å². The van der Waals surface area contributed by atoms with Crippen LogP contribution < -0.4 is 0 Å². The number of nitrogens with one attached hydrogen (secondary N) is 2. The van der Waals surface area contributed by atoms with Crippen LogP contribution in [0.5, 0.6) is 0 Å². The van der Waals surface area contributed by atoms with E-state index in [1.165, 1.54) is 6.20 Å². The SMILES string of the molecule is O=Cc1cn[nH]c1-c1ccc[nH]1. The molecular formula is C8H7N3O. The maximum Gasteiger partial charge on any atom is 0.153 e. The van der Waals surface area contributed by atoms with Crippen LogP contribution in [0.25, 0.3) is 11.4 Å². The lowest BCUT2D eigenvalue weighted by molar-refractivity contribution is 0.112. The molecule has 0 bridgehead atoms. The highest BCUT2D eigenvalue weighted by Gasteiger charge is 2.05. The molecule has 2 aromatic rings. The average Bonchev–Trinajstić information content (AvgIpc) is 2.74. The van der Waals surface area contributed by atoms with E-state index in [-0.39, 0.29) is 0 Å². The zero-order chi connectivity index (χ0) is 8.39. The van der Waals surface area contributed by atoms with Crippen LogP contribution in [0.1, 0.15) is 10.4 Å². The van der Waals surface area contributed by atoms with Crippen LogP contribution in [0.15, 0.2) is 24.5 Å². The van der Waals surface area contributed by atoms with Crippen molar-refractivity contribution in [3.05, 3.63) is 30.1 Å². The van der Waals surface area contributed by atoms with E-state index in [4.69, 9.17) is 0 Å². The summed E-state index contributed by atoms with van der Waals surface area (Å²) in [6, 6.07) is 3.74. The molecule has 0 aliphatic rings. The van der Waals surface area contributed by atoms with Crippen molar-refractivity contribution in [2.45, 2.75) is 0 Å². The van der Waals surface area contributed by atoms with Crippen LogP contribution in [0.3, 0.4) is 0 Å². The van der Waals surface area contributed by atoms with Gasteiger partial charge in [-0.05, 0) is 12.1 Å². The van der Waals surface area contributed by atoms with E-state index in [2.05, 4.69) is 15.2 Å². The smallest absolute Gasteiger partial charge is 0.153 e. The number of H-pyrrole nitrogens is 2. The first-order chi connectivity index (χ1) is 5.92. The van der Waals surface area contributed by atoms with Gasteiger partial charge < -0.3 is 4.98 Å². The lowest BCUT2D eigenvalue weighted by Gasteiger charge is -1.91. The predicted octanol–water partition coefficient (Wildman–Crippen LogP) is 1.22. The largest absolute Gasteiger partial charge is 0.360 e. The van der Waals surface area contributed by atoms with Gasteiger partial charge in [0.2, 0.25) is 0 Å². The zero-order valence-electron chi connectivity index (χ0n) is 6.24. The molecule has 0 spiro atoms. The summed E-state index contributed by atoms with van der Waals surface area (Å²) in [5.41, 5.74) is 2.17. The standard InChI is InChI=1S/C8H7N3O/c12-5-6-4-10-11-8(6)7-2-1-3-9-7/h1-5,9H,(H,10,11). The molecule has 0 fully saturated rings. The number of aldehydes is 1. The van der Waals surface area contributed by atoms with Gasteiger partial charge in [0, 0.05) is 6.20 Å². The minimum absolute atomic E-state index is 0.567. The summed E-state index contributed by atoms with van der Waals surface area (Å²) in [6.45, 7) is 0. The molecule has 0 atom stereocenters. The first kappa shape index (κ1) is 6.84. The van der Waals surface area contributed by atoms with E-state index >= 15 is 0 Å². The summed E-state index contributed by atoms with van der Waals surface area (Å²) in [6.07, 6.45) is 4.08. The number of carbonyl (C=O) groups is 1. The molecule has 2 N–H and O–H groups in total. The van der Waals surface area contributed by atoms with Gasteiger partial charge in [0.15, 0.2) is 6.29 Å². The van der Waals surface area contributed by atoms with Gasteiger partial charge in [-0.15, -0.1) is 0 Å². The Bertz CT molecular complexity index is 375. The highest BCUT2D eigenvalue weighted by molar-refractivity contribution is 5.84. The lowest BCUT2D eigenvalue weighted by Crippen LogP contribution is -1.83. The van der Waals surface area contributed by atoms with Crippen molar-refractivity contribution < 1.29 is 4.79 Å². The van der Waals surface area contributed by atoms with Crippen LogP contribution in [-0.4, -0.2) is 21.5 Å². The van der Waals surface area contributed by atoms with E-state index in [1.54, 1.807) is 6.20 Å². The lowest BCUT2D eigenvalue weighted by atomic mass is 10.2. The summed E-state index contributed by atoms with van der Waals surface area (Å²) in [5, 5.41) is 6.52. The van der Waals surface area contributed by atoms with Gasteiger partial charge in [-0.1, -0.05) is 0 Å². The average molecular weight is 161 g/mol. The number of aromatic nitrogens is 3. The number of nitrogens with zero attached hydrogens (tertiary/aromatic N) is 1. The van der Waals surface area contributed by atoms with Crippen molar-refractivity contribution in [2.75, 3.05) is 0 Å². The third-order valence-electron chi connectivity index (χ3n) is 1.66. The fourth-order valence-corrected chi connectivity index (χ4v) is 1.09. The summed E-state index contributed by atoms with van der Waals surface area (Å²) in [5.74, 6) is 0. The number of hydrogen-bond acceptors (Lipinski definition) is 2. The third-order valence-corrected chi connectivity index (χ3v) is 1.66. The van der Waals surface area contributed by atoms with Crippen molar-refractivity contribution in [1.82, 2.24) is 15.2 Å². The Hall–Kier alpha value is -1.84. The Morgan fingerprint density at radius 2 is 2.42 bits per heavy atom. The van der Waals surface area contributed by atoms with E-state index in [9.17, 15) is 4.79 Å². The molecule has 0 radical (unpaired) electrons. The Morgan fingerprint density at radius 1 is 1.50 bits per heavy atom. The fourth-order valence-electron chi connectivity index (χ4n) is 1.09. The summed E-state index contributed by atoms with van der Waals surface area (Å²) < 4.78 is 0. The molecule has 0 unspecified atom stereocenters. The topological polar surface area (TPSA) is 61.5 Å². The highest BCUT2D eigenvalue weighted by Crippen LogP contribution is 2.16. The van der Waals surface area contributed by atoms with Crippen LogP contribution in [0.4, 0.5) is 0 Å². The third kappa shape index (κ3) is 0.934. The molecule has 60 valence electrons. The normalized spacial score (nSPS) is 10.0. The zero-order valence-corrected chi connectivity index (χ0v) is 6.24. The summed E-state index contributed by atoms with van der Waals surface area (Å²) in [4.78, 5) is 13.5.